The van der Waals surface area contributed by atoms with Gasteiger partial charge in [-0.25, -0.2) is 13.1 Å². The first-order valence-electron chi connectivity index (χ1n) is 6.23. The molecule has 114 valence electrons. The molecule has 1 aromatic rings. The van der Waals surface area contributed by atoms with Crippen molar-refractivity contribution in [2.45, 2.75) is 25.0 Å². The summed E-state index contributed by atoms with van der Waals surface area (Å²) in [6.45, 7) is 6.65. The van der Waals surface area contributed by atoms with Crippen LogP contribution in [0.3, 0.4) is 0 Å². The Labute approximate surface area is 129 Å². The fourth-order valence-corrected chi connectivity index (χ4v) is 4.19. The van der Waals surface area contributed by atoms with Crippen molar-refractivity contribution in [3.63, 3.8) is 0 Å². The van der Waals surface area contributed by atoms with Crippen LogP contribution in [-0.2, 0) is 14.8 Å². The summed E-state index contributed by atoms with van der Waals surface area (Å²) in [7, 11) is -3.54. The number of rotatable bonds is 7. The molecule has 0 saturated heterocycles. The zero-order valence-electron chi connectivity index (χ0n) is 11.7. The second-order valence-electron chi connectivity index (χ2n) is 4.82. The van der Waals surface area contributed by atoms with Gasteiger partial charge in [0.25, 0.3) is 0 Å². The number of sulfonamides is 1. The summed E-state index contributed by atoms with van der Waals surface area (Å²) in [4.78, 5) is 13.1. The van der Waals surface area contributed by atoms with Crippen molar-refractivity contribution in [3.05, 3.63) is 16.5 Å². The van der Waals surface area contributed by atoms with Crippen molar-refractivity contribution in [1.29, 1.82) is 0 Å². The number of hydrogen-bond acceptors (Lipinski definition) is 4. The minimum atomic E-state index is -3.54. The Bertz CT molecular complexity index is 555. The fourth-order valence-electron chi connectivity index (χ4n) is 1.65. The molecule has 0 saturated carbocycles. The van der Waals surface area contributed by atoms with Crippen LogP contribution < -0.4 is 4.72 Å². The summed E-state index contributed by atoms with van der Waals surface area (Å²) < 4.78 is 27.0. The van der Waals surface area contributed by atoms with E-state index >= 15 is 0 Å². The predicted octanol–water partition coefficient (Wildman–Crippen LogP) is 2.18. The molecular weight excluding hydrogens is 320 g/mol. The molecule has 0 unspecified atom stereocenters. The summed E-state index contributed by atoms with van der Waals surface area (Å²) in [5, 5.41) is 0. The maximum absolute atomic E-state index is 12.0. The highest BCUT2D eigenvalue weighted by Gasteiger charge is 2.17. The molecular formula is C12H19ClN2O3S2. The number of thiophene rings is 1. The highest BCUT2D eigenvalue weighted by atomic mass is 35.5. The number of nitrogens with one attached hydrogen (secondary N) is 1. The first-order valence-corrected chi connectivity index (χ1v) is 8.90. The molecule has 0 spiro atoms. The van der Waals surface area contributed by atoms with Crippen LogP contribution in [0.4, 0.5) is 0 Å². The van der Waals surface area contributed by atoms with Crippen molar-refractivity contribution >= 4 is 38.9 Å². The molecule has 0 radical (unpaired) electrons. The van der Waals surface area contributed by atoms with E-state index in [0.29, 0.717) is 23.3 Å². The van der Waals surface area contributed by atoms with Crippen molar-refractivity contribution in [3.8, 4) is 0 Å². The van der Waals surface area contributed by atoms with Crippen molar-refractivity contribution < 1.29 is 13.2 Å². The second-order valence-corrected chi connectivity index (χ2v) is 8.52. The van der Waals surface area contributed by atoms with E-state index in [0.717, 1.165) is 11.3 Å². The van der Waals surface area contributed by atoms with Gasteiger partial charge in [0, 0.05) is 26.6 Å². The third-order valence-electron chi connectivity index (χ3n) is 2.52. The zero-order chi connectivity index (χ0) is 15.3. The monoisotopic (exact) mass is 338 g/mol. The van der Waals surface area contributed by atoms with Gasteiger partial charge in [0.2, 0.25) is 15.9 Å². The lowest BCUT2D eigenvalue weighted by atomic mass is 10.2. The van der Waals surface area contributed by atoms with E-state index in [4.69, 9.17) is 11.6 Å². The standard InChI is InChI=1S/C12H19ClN2O3S2/c1-9(2)8-15(10(3)16)7-6-14-20(17,18)12-5-4-11(13)19-12/h4-5,9,14H,6-8H2,1-3H3. The zero-order valence-corrected chi connectivity index (χ0v) is 14.1. The topological polar surface area (TPSA) is 66.5 Å². The number of hydrogen-bond donors (Lipinski definition) is 1. The minimum Gasteiger partial charge on any atom is -0.341 e. The van der Waals surface area contributed by atoms with Crippen LogP contribution in [0.1, 0.15) is 20.8 Å². The van der Waals surface area contributed by atoms with Crippen molar-refractivity contribution in [2.24, 2.45) is 5.92 Å². The molecule has 5 nitrogen and oxygen atoms in total. The molecule has 1 rings (SSSR count). The van der Waals surface area contributed by atoms with Crippen LogP contribution >= 0.6 is 22.9 Å². The molecule has 1 heterocycles. The van der Waals surface area contributed by atoms with Gasteiger partial charge in [-0.3, -0.25) is 4.79 Å². The van der Waals surface area contributed by atoms with Gasteiger partial charge in [-0.2, -0.15) is 0 Å². The van der Waals surface area contributed by atoms with Gasteiger partial charge < -0.3 is 4.90 Å². The van der Waals surface area contributed by atoms with Gasteiger partial charge in [0.1, 0.15) is 4.21 Å². The molecule has 0 atom stereocenters. The van der Waals surface area contributed by atoms with E-state index < -0.39 is 10.0 Å². The number of amides is 1. The number of carbonyl (C=O) groups excluding carboxylic acids is 1. The van der Waals surface area contributed by atoms with Gasteiger partial charge in [0.05, 0.1) is 4.34 Å². The smallest absolute Gasteiger partial charge is 0.250 e. The first kappa shape index (κ1) is 17.4. The molecule has 0 aliphatic heterocycles. The van der Waals surface area contributed by atoms with Crippen LogP contribution in [0.25, 0.3) is 0 Å². The predicted molar refractivity (Wildman–Crippen MR) is 81.6 cm³/mol. The minimum absolute atomic E-state index is 0.0583. The van der Waals surface area contributed by atoms with Crippen LogP contribution in [0, 0.1) is 5.92 Å². The summed E-state index contributed by atoms with van der Waals surface area (Å²) >= 11 is 6.73. The summed E-state index contributed by atoms with van der Waals surface area (Å²) in [6, 6.07) is 3.01. The Kier molecular flexibility index (Phi) is 6.44. The van der Waals surface area contributed by atoms with Crippen molar-refractivity contribution in [1.82, 2.24) is 9.62 Å². The van der Waals surface area contributed by atoms with E-state index in [9.17, 15) is 13.2 Å². The largest absolute Gasteiger partial charge is 0.341 e. The highest BCUT2D eigenvalue weighted by molar-refractivity contribution is 7.91. The van der Waals surface area contributed by atoms with Crippen LogP contribution in [0.15, 0.2) is 16.3 Å². The average molecular weight is 339 g/mol. The maximum Gasteiger partial charge on any atom is 0.250 e. The molecule has 0 fully saturated rings. The van der Waals surface area contributed by atoms with E-state index in [2.05, 4.69) is 4.72 Å². The molecule has 8 heteroatoms. The van der Waals surface area contributed by atoms with Gasteiger partial charge in [0.15, 0.2) is 0 Å². The lowest BCUT2D eigenvalue weighted by molar-refractivity contribution is -0.129. The third kappa shape index (κ3) is 5.40. The van der Waals surface area contributed by atoms with E-state index in [1.807, 2.05) is 13.8 Å². The van der Waals surface area contributed by atoms with E-state index in [-0.39, 0.29) is 16.7 Å². The molecule has 1 N–H and O–H groups in total. The fraction of sp³-hybridized carbons (Fsp3) is 0.583. The molecule has 0 aromatic carbocycles. The third-order valence-corrected chi connectivity index (χ3v) is 5.70. The van der Waals surface area contributed by atoms with Gasteiger partial charge >= 0.3 is 0 Å². The Balaban J connectivity index is 2.56. The molecule has 0 bridgehead atoms. The second kappa shape index (κ2) is 7.40. The Morgan fingerprint density at radius 1 is 1.45 bits per heavy atom. The quantitative estimate of drug-likeness (QED) is 0.828. The number of carbonyl (C=O) groups is 1. The number of nitrogens with zero attached hydrogens (tertiary/aromatic N) is 1. The molecule has 1 aromatic heterocycles. The van der Waals surface area contributed by atoms with E-state index in [1.165, 1.54) is 13.0 Å². The highest BCUT2D eigenvalue weighted by Crippen LogP contribution is 2.25. The molecule has 0 aliphatic rings. The number of halogens is 1. The van der Waals surface area contributed by atoms with Crippen molar-refractivity contribution in [2.75, 3.05) is 19.6 Å². The lowest BCUT2D eigenvalue weighted by Crippen LogP contribution is -2.39. The summed E-state index contributed by atoms with van der Waals surface area (Å²) in [6.07, 6.45) is 0. The maximum atomic E-state index is 12.0. The molecule has 1 amide bonds. The van der Waals surface area contributed by atoms with E-state index in [1.54, 1.807) is 11.0 Å². The van der Waals surface area contributed by atoms with Gasteiger partial charge in [-0.05, 0) is 18.1 Å². The lowest BCUT2D eigenvalue weighted by Gasteiger charge is -2.23. The normalized spacial score (nSPS) is 11.8. The van der Waals surface area contributed by atoms with Crippen LogP contribution in [-0.4, -0.2) is 38.9 Å². The first-order chi connectivity index (χ1) is 9.22. The molecule has 0 aliphatic carbocycles. The SMILES string of the molecule is CC(=O)N(CCNS(=O)(=O)c1ccc(Cl)s1)CC(C)C. The Morgan fingerprint density at radius 3 is 2.55 bits per heavy atom. The summed E-state index contributed by atoms with van der Waals surface area (Å²) in [5.74, 6) is 0.281. The Morgan fingerprint density at radius 2 is 2.10 bits per heavy atom. The summed E-state index contributed by atoms with van der Waals surface area (Å²) in [5.41, 5.74) is 0. The van der Waals surface area contributed by atoms with Gasteiger partial charge in [-0.15, -0.1) is 11.3 Å². The Hall–Kier alpha value is -0.630. The average Bonchev–Trinajstić information content (AvgIpc) is 2.74. The van der Waals surface area contributed by atoms with Crippen LogP contribution in [0.2, 0.25) is 4.34 Å². The van der Waals surface area contributed by atoms with Crippen LogP contribution in [0.5, 0.6) is 0 Å². The van der Waals surface area contributed by atoms with Gasteiger partial charge in [-0.1, -0.05) is 25.4 Å². The molecule has 20 heavy (non-hydrogen) atoms.